The lowest BCUT2D eigenvalue weighted by molar-refractivity contribution is -0.116. The molecular formula is C12H15NO2. The van der Waals surface area contributed by atoms with E-state index >= 15 is 0 Å². The monoisotopic (exact) mass is 205 g/mol. The van der Waals surface area contributed by atoms with E-state index in [1.165, 1.54) is 17.5 Å². The predicted octanol–water partition coefficient (Wildman–Crippen LogP) is 1.50. The number of aliphatic hydroxyl groups is 1. The van der Waals surface area contributed by atoms with E-state index in [0.29, 0.717) is 0 Å². The molecule has 0 aliphatic heterocycles. The summed E-state index contributed by atoms with van der Waals surface area (Å²) in [7, 11) is 0. The largest absolute Gasteiger partial charge is 0.396 e. The molecule has 0 saturated heterocycles. The van der Waals surface area contributed by atoms with Gasteiger partial charge in [0.1, 0.15) is 0 Å². The highest BCUT2D eigenvalue weighted by molar-refractivity contribution is 5.90. The van der Waals surface area contributed by atoms with Crippen molar-refractivity contribution in [1.29, 1.82) is 0 Å². The van der Waals surface area contributed by atoms with Gasteiger partial charge < -0.3 is 10.4 Å². The van der Waals surface area contributed by atoms with Crippen LogP contribution in [0.4, 0.5) is 5.69 Å². The summed E-state index contributed by atoms with van der Waals surface area (Å²) < 4.78 is 0. The third kappa shape index (κ3) is 2.36. The lowest BCUT2D eigenvalue weighted by Crippen LogP contribution is -2.12. The molecule has 80 valence electrons. The van der Waals surface area contributed by atoms with Gasteiger partial charge in [-0.15, -0.1) is 0 Å². The highest BCUT2D eigenvalue weighted by Gasteiger charge is 2.11. The number of fused-ring (bicyclic) bond motifs is 1. The molecule has 0 heterocycles. The third-order valence-electron chi connectivity index (χ3n) is 2.72. The Morgan fingerprint density at radius 2 is 2.13 bits per heavy atom. The lowest BCUT2D eigenvalue weighted by Gasteiger charge is -2.06. The zero-order chi connectivity index (χ0) is 10.7. The summed E-state index contributed by atoms with van der Waals surface area (Å²) in [5.74, 6) is -0.129. The van der Waals surface area contributed by atoms with E-state index in [1.807, 2.05) is 12.1 Å². The van der Waals surface area contributed by atoms with Gasteiger partial charge in [-0.2, -0.15) is 0 Å². The minimum absolute atomic E-state index is 0.100. The first kappa shape index (κ1) is 10.2. The van der Waals surface area contributed by atoms with Crippen LogP contribution >= 0.6 is 0 Å². The Morgan fingerprint density at radius 3 is 2.93 bits per heavy atom. The van der Waals surface area contributed by atoms with Crippen LogP contribution in [0.5, 0.6) is 0 Å². The maximum absolute atomic E-state index is 11.2. The zero-order valence-corrected chi connectivity index (χ0v) is 8.62. The molecule has 0 fully saturated rings. The molecule has 0 unspecified atom stereocenters. The average Bonchev–Trinajstić information content (AvgIpc) is 2.65. The Balaban J connectivity index is 2.06. The fraction of sp³-hybridized carbons (Fsp3) is 0.417. The fourth-order valence-electron chi connectivity index (χ4n) is 1.97. The van der Waals surface area contributed by atoms with Gasteiger partial charge in [-0.25, -0.2) is 0 Å². The molecule has 15 heavy (non-hydrogen) atoms. The van der Waals surface area contributed by atoms with Gasteiger partial charge in [-0.3, -0.25) is 4.79 Å². The first-order valence-corrected chi connectivity index (χ1v) is 5.32. The highest BCUT2D eigenvalue weighted by atomic mass is 16.3. The van der Waals surface area contributed by atoms with Crippen molar-refractivity contribution < 1.29 is 9.90 Å². The Labute approximate surface area is 89.1 Å². The number of aryl methyl sites for hydroxylation is 2. The number of hydrogen-bond donors (Lipinski definition) is 2. The van der Waals surface area contributed by atoms with Gasteiger partial charge in [0, 0.05) is 5.69 Å². The Hall–Kier alpha value is -1.35. The van der Waals surface area contributed by atoms with Gasteiger partial charge in [0.25, 0.3) is 0 Å². The smallest absolute Gasteiger partial charge is 0.226 e. The SMILES string of the molecule is O=C(CCO)Nc1ccc2c(c1)CCC2. The van der Waals surface area contributed by atoms with Gasteiger partial charge in [0.15, 0.2) is 0 Å². The van der Waals surface area contributed by atoms with Crippen molar-refractivity contribution in [2.24, 2.45) is 0 Å². The van der Waals surface area contributed by atoms with E-state index in [4.69, 9.17) is 5.11 Å². The summed E-state index contributed by atoms with van der Waals surface area (Å²) in [4.78, 5) is 11.2. The lowest BCUT2D eigenvalue weighted by atomic mass is 10.1. The fourth-order valence-corrected chi connectivity index (χ4v) is 1.97. The summed E-state index contributed by atoms with van der Waals surface area (Å²) in [5, 5.41) is 11.4. The molecule has 3 heteroatoms. The van der Waals surface area contributed by atoms with Gasteiger partial charge in [0.2, 0.25) is 5.91 Å². The molecule has 0 spiro atoms. The normalized spacial score (nSPS) is 13.7. The molecule has 1 amide bonds. The summed E-state index contributed by atoms with van der Waals surface area (Å²) in [6.45, 7) is -0.100. The molecule has 1 aliphatic carbocycles. The molecule has 3 nitrogen and oxygen atoms in total. The van der Waals surface area contributed by atoms with Crippen LogP contribution in [0.2, 0.25) is 0 Å². The van der Waals surface area contributed by atoms with Crippen LogP contribution in [0.3, 0.4) is 0 Å². The number of hydrogen-bond acceptors (Lipinski definition) is 2. The van der Waals surface area contributed by atoms with Gasteiger partial charge in [0.05, 0.1) is 13.0 Å². The second-order valence-corrected chi connectivity index (χ2v) is 3.86. The Kier molecular flexibility index (Phi) is 3.02. The molecule has 0 aromatic heterocycles. The summed E-state index contributed by atoms with van der Waals surface area (Å²) >= 11 is 0. The van der Waals surface area contributed by atoms with E-state index in [-0.39, 0.29) is 18.9 Å². The summed E-state index contributed by atoms with van der Waals surface area (Å²) in [5.41, 5.74) is 3.58. The maximum atomic E-state index is 11.2. The number of aliphatic hydroxyl groups excluding tert-OH is 1. The van der Waals surface area contributed by atoms with Crippen LogP contribution in [-0.4, -0.2) is 17.6 Å². The summed E-state index contributed by atoms with van der Waals surface area (Å²) in [6.07, 6.45) is 3.64. The van der Waals surface area contributed by atoms with Crippen LogP contribution in [0.15, 0.2) is 18.2 Å². The molecule has 0 radical (unpaired) electrons. The van der Waals surface area contributed by atoms with Crippen molar-refractivity contribution in [2.45, 2.75) is 25.7 Å². The number of rotatable bonds is 3. The van der Waals surface area contributed by atoms with E-state index in [9.17, 15) is 4.79 Å². The maximum Gasteiger partial charge on any atom is 0.226 e. The zero-order valence-electron chi connectivity index (χ0n) is 8.62. The topological polar surface area (TPSA) is 49.3 Å². The Morgan fingerprint density at radius 1 is 1.33 bits per heavy atom. The number of carbonyl (C=O) groups excluding carboxylic acids is 1. The molecule has 0 atom stereocenters. The number of benzene rings is 1. The number of anilines is 1. The third-order valence-corrected chi connectivity index (χ3v) is 2.72. The van der Waals surface area contributed by atoms with Crippen LogP contribution in [0.25, 0.3) is 0 Å². The van der Waals surface area contributed by atoms with Crippen LogP contribution < -0.4 is 5.32 Å². The Bertz CT molecular complexity index is 374. The molecule has 1 aromatic rings. The van der Waals surface area contributed by atoms with Gasteiger partial charge >= 0.3 is 0 Å². The van der Waals surface area contributed by atoms with E-state index in [0.717, 1.165) is 18.5 Å². The van der Waals surface area contributed by atoms with E-state index in [2.05, 4.69) is 11.4 Å². The molecule has 2 rings (SSSR count). The quantitative estimate of drug-likeness (QED) is 0.785. The predicted molar refractivity (Wildman–Crippen MR) is 58.8 cm³/mol. The van der Waals surface area contributed by atoms with Crippen LogP contribution in [-0.2, 0) is 17.6 Å². The summed E-state index contributed by atoms with van der Waals surface area (Å²) in [6, 6.07) is 6.05. The first-order chi connectivity index (χ1) is 7.29. The van der Waals surface area contributed by atoms with Crippen molar-refractivity contribution >= 4 is 11.6 Å². The second kappa shape index (κ2) is 4.45. The molecule has 0 bridgehead atoms. The molecule has 2 N–H and O–H groups in total. The van der Waals surface area contributed by atoms with Crippen LogP contribution in [0.1, 0.15) is 24.0 Å². The first-order valence-electron chi connectivity index (χ1n) is 5.32. The van der Waals surface area contributed by atoms with Gasteiger partial charge in [-0.05, 0) is 42.5 Å². The number of nitrogens with one attached hydrogen (secondary N) is 1. The highest BCUT2D eigenvalue weighted by Crippen LogP contribution is 2.24. The average molecular weight is 205 g/mol. The van der Waals surface area contributed by atoms with Crippen molar-refractivity contribution in [3.05, 3.63) is 29.3 Å². The molecule has 1 aromatic carbocycles. The molecular weight excluding hydrogens is 190 g/mol. The standard InChI is InChI=1S/C12H15NO2/c14-7-6-12(15)13-11-5-4-9-2-1-3-10(9)8-11/h4-5,8,14H,1-3,6-7H2,(H,13,15). The minimum atomic E-state index is -0.129. The van der Waals surface area contributed by atoms with Crippen LogP contribution in [0, 0.1) is 0 Å². The second-order valence-electron chi connectivity index (χ2n) is 3.86. The minimum Gasteiger partial charge on any atom is -0.396 e. The van der Waals surface area contributed by atoms with Crippen molar-refractivity contribution in [1.82, 2.24) is 0 Å². The van der Waals surface area contributed by atoms with E-state index < -0.39 is 0 Å². The molecule has 0 saturated carbocycles. The molecule has 1 aliphatic rings. The van der Waals surface area contributed by atoms with Crippen molar-refractivity contribution in [3.63, 3.8) is 0 Å². The van der Waals surface area contributed by atoms with Crippen molar-refractivity contribution in [3.8, 4) is 0 Å². The van der Waals surface area contributed by atoms with E-state index in [1.54, 1.807) is 0 Å². The number of amides is 1. The number of carbonyl (C=O) groups is 1. The van der Waals surface area contributed by atoms with Gasteiger partial charge in [-0.1, -0.05) is 6.07 Å². The van der Waals surface area contributed by atoms with Crippen molar-refractivity contribution in [2.75, 3.05) is 11.9 Å².